The van der Waals surface area contributed by atoms with E-state index in [0.717, 1.165) is 16.3 Å². The highest BCUT2D eigenvalue weighted by Gasteiger charge is 2.31. The zero-order chi connectivity index (χ0) is 17.0. The Balaban J connectivity index is 2.02. The molecular formula is C16H20N2O4S. The van der Waals surface area contributed by atoms with Crippen LogP contribution in [0.15, 0.2) is 39.8 Å². The molecule has 2 aromatic rings. The molecular weight excluding hydrogens is 316 g/mol. The summed E-state index contributed by atoms with van der Waals surface area (Å²) in [5, 5.41) is 3.63. The minimum Gasteiger partial charge on any atom is -0.360 e. The first-order valence-electron chi connectivity index (χ1n) is 7.32. The van der Waals surface area contributed by atoms with Gasteiger partial charge in [-0.3, -0.25) is 4.79 Å². The number of aryl methyl sites for hydroxylation is 3. The number of hydrogen-bond donors (Lipinski definition) is 0. The third kappa shape index (κ3) is 3.79. The van der Waals surface area contributed by atoms with E-state index < -0.39 is 15.9 Å². The van der Waals surface area contributed by atoms with Crippen LogP contribution < -0.4 is 0 Å². The van der Waals surface area contributed by atoms with Crippen LogP contribution >= 0.6 is 0 Å². The maximum absolute atomic E-state index is 12.5. The van der Waals surface area contributed by atoms with E-state index in [1.165, 1.54) is 20.9 Å². The van der Waals surface area contributed by atoms with Gasteiger partial charge in [-0.15, -0.1) is 0 Å². The molecule has 0 atom stereocenters. The van der Waals surface area contributed by atoms with Crippen LogP contribution in [0.4, 0.5) is 0 Å². The number of amides is 1. The van der Waals surface area contributed by atoms with Crippen molar-refractivity contribution in [2.75, 3.05) is 7.05 Å². The van der Waals surface area contributed by atoms with Gasteiger partial charge in [0.2, 0.25) is 5.91 Å². The summed E-state index contributed by atoms with van der Waals surface area (Å²) in [7, 11) is -2.65. The van der Waals surface area contributed by atoms with Crippen LogP contribution in [-0.4, -0.2) is 30.8 Å². The molecule has 124 valence electrons. The van der Waals surface area contributed by atoms with Crippen LogP contribution in [0, 0.1) is 13.8 Å². The molecule has 1 amide bonds. The second-order valence-electron chi connectivity index (χ2n) is 5.36. The Hall–Kier alpha value is -2.15. The molecule has 0 aliphatic carbocycles. The smallest absolute Gasteiger partial charge is 0.271 e. The summed E-state index contributed by atoms with van der Waals surface area (Å²) in [6.45, 7) is 3.05. The minimum atomic E-state index is -3.92. The van der Waals surface area contributed by atoms with Gasteiger partial charge in [0.25, 0.3) is 10.0 Å². The molecule has 23 heavy (non-hydrogen) atoms. The van der Waals surface area contributed by atoms with Gasteiger partial charge in [0.15, 0.2) is 10.7 Å². The molecule has 0 unspecified atom stereocenters. The molecule has 0 radical (unpaired) electrons. The summed E-state index contributed by atoms with van der Waals surface area (Å²) < 4.78 is 30.7. The summed E-state index contributed by atoms with van der Waals surface area (Å²) >= 11 is 0. The number of sulfonamides is 1. The zero-order valence-electron chi connectivity index (χ0n) is 13.4. The second-order valence-corrected chi connectivity index (χ2v) is 7.26. The number of nitrogens with zero attached hydrogens (tertiary/aromatic N) is 2. The number of aromatic nitrogens is 1. The fourth-order valence-electron chi connectivity index (χ4n) is 2.36. The molecule has 0 N–H and O–H groups in total. The van der Waals surface area contributed by atoms with E-state index >= 15 is 0 Å². The molecule has 0 saturated heterocycles. The highest BCUT2D eigenvalue weighted by Crippen LogP contribution is 2.23. The first-order chi connectivity index (χ1) is 10.8. The van der Waals surface area contributed by atoms with Crippen molar-refractivity contribution in [1.29, 1.82) is 0 Å². The molecule has 0 saturated carbocycles. The van der Waals surface area contributed by atoms with Crippen molar-refractivity contribution in [3.63, 3.8) is 0 Å². The topological polar surface area (TPSA) is 80.5 Å². The predicted octanol–water partition coefficient (Wildman–Crippen LogP) is 2.46. The maximum atomic E-state index is 12.5. The first kappa shape index (κ1) is 17.2. The van der Waals surface area contributed by atoms with Gasteiger partial charge in [-0.1, -0.05) is 35.5 Å². The van der Waals surface area contributed by atoms with Crippen LogP contribution in [0.3, 0.4) is 0 Å². The fourth-order valence-corrected chi connectivity index (χ4v) is 3.80. The third-order valence-electron chi connectivity index (χ3n) is 3.64. The molecule has 1 aromatic heterocycles. The molecule has 1 aromatic carbocycles. The van der Waals surface area contributed by atoms with Gasteiger partial charge in [-0.25, -0.2) is 12.7 Å². The Bertz CT molecular complexity index is 762. The number of carbonyl (C=O) groups is 1. The molecule has 0 aliphatic heterocycles. The Morgan fingerprint density at radius 1 is 1.22 bits per heavy atom. The van der Waals surface area contributed by atoms with Crippen molar-refractivity contribution >= 4 is 15.9 Å². The van der Waals surface area contributed by atoms with Crippen LogP contribution in [0.25, 0.3) is 0 Å². The summed E-state index contributed by atoms with van der Waals surface area (Å²) in [5.74, 6) is -0.257. The lowest BCUT2D eigenvalue weighted by atomic mass is 10.1. The average Bonchev–Trinajstić information content (AvgIpc) is 2.87. The minimum absolute atomic E-state index is 0.0311. The van der Waals surface area contributed by atoms with Crippen LogP contribution in [0.5, 0.6) is 0 Å². The van der Waals surface area contributed by atoms with Crippen molar-refractivity contribution in [3.8, 4) is 0 Å². The van der Waals surface area contributed by atoms with E-state index in [-0.39, 0.29) is 22.8 Å². The van der Waals surface area contributed by atoms with Gasteiger partial charge < -0.3 is 4.52 Å². The number of benzene rings is 1. The SMILES string of the molecule is Cc1noc(C)c1S(=O)(=O)N(C)C(=O)CCCc1ccccc1. The van der Waals surface area contributed by atoms with E-state index in [0.29, 0.717) is 6.42 Å². The highest BCUT2D eigenvalue weighted by atomic mass is 32.2. The highest BCUT2D eigenvalue weighted by molar-refractivity contribution is 7.89. The molecule has 0 bridgehead atoms. The van der Waals surface area contributed by atoms with Crippen molar-refractivity contribution in [3.05, 3.63) is 47.3 Å². The molecule has 7 heteroatoms. The molecule has 0 fully saturated rings. The Morgan fingerprint density at radius 2 is 1.87 bits per heavy atom. The van der Waals surface area contributed by atoms with E-state index in [4.69, 9.17) is 4.52 Å². The molecule has 0 aliphatic rings. The van der Waals surface area contributed by atoms with E-state index in [1.807, 2.05) is 30.3 Å². The normalized spacial score (nSPS) is 11.4. The molecule has 6 nitrogen and oxygen atoms in total. The molecule has 2 rings (SSSR count). The maximum Gasteiger partial charge on any atom is 0.271 e. The Labute approximate surface area is 136 Å². The van der Waals surface area contributed by atoms with Crippen LogP contribution in [-0.2, 0) is 21.2 Å². The van der Waals surface area contributed by atoms with E-state index in [1.54, 1.807) is 0 Å². The standard InChI is InChI=1S/C16H20N2O4S/c1-12-16(13(2)22-17-12)23(20,21)18(3)15(19)11-7-10-14-8-5-4-6-9-14/h4-6,8-9H,7,10-11H2,1-3H3. The number of rotatable bonds is 6. The first-order valence-corrected chi connectivity index (χ1v) is 8.76. The predicted molar refractivity (Wildman–Crippen MR) is 85.3 cm³/mol. The van der Waals surface area contributed by atoms with Crippen molar-refractivity contribution in [2.24, 2.45) is 0 Å². The molecule has 0 spiro atoms. The monoisotopic (exact) mass is 336 g/mol. The lowest BCUT2D eigenvalue weighted by Gasteiger charge is -2.17. The Morgan fingerprint density at radius 3 is 2.43 bits per heavy atom. The quantitative estimate of drug-likeness (QED) is 0.809. The summed E-state index contributed by atoms with van der Waals surface area (Å²) in [4.78, 5) is 12.2. The van der Waals surface area contributed by atoms with Crippen LogP contribution in [0.1, 0.15) is 29.9 Å². The van der Waals surface area contributed by atoms with Crippen LogP contribution in [0.2, 0.25) is 0 Å². The van der Waals surface area contributed by atoms with Gasteiger partial charge >= 0.3 is 0 Å². The van der Waals surface area contributed by atoms with Gasteiger partial charge in [0.1, 0.15) is 5.69 Å². The zero-order valence-corrected chi connectivity index (χ0v) is 14.3. The van der Waals surface area contributed by atoms with E-state index in [9.17, 15) is 13.2 Å². The van der Waals surface area contributed by atoms with Crippen molar-refractivity contribution in [2.45, 2.75) is 38.0 Å². The molecule has 1 heterocycles. The third-order valence-corrected chi connectivity index (χ3v) is 5.66. The fraction of sp³-hybridized carbons (Fsp3) is 0.375. The lowest BCUT2D eigenvalue weighted by molar-refractivity contribution is -0.125. The summed E-state index contributed by atoms with van der Waals surface area (Å²) in [6, 6.07) is 9.76. The Kier molecular flexibility index (Phi) is 5.20. The van der Waals surface area contributed by atoms with Gasteiger partial charge in [-0.05, 0) is 32.3 Å². The second kappa shape index (κ2) is 6.95. The van der Waals surface area contributed by atoms with Crippen molar-refractivity contribution < 1.29 is 17.7 Å². The summed E-state index contributed by atoms with van der Waals surface area (Å²) in [6.07, 6.45) is 1.48. The van der Waals surface area contributed by atoms with Gasteiger partial charge in [-0.2, -0.15) is 0 Å². The average molecular weight is 336 g/mol. The summed E-state index contributed by atoms with van der Waals surface area (Å²) in [5.41, 5.74) is 1.38. The van der Waals surface area contributed by atoms with Gasteiger partial charge in [0, 0.05) is 13.5 Å². The number of hydrogen-bond acceptors (Lipinski definition) is 5. The van der Waals surface area contributed by atoms with E-state index in [2.05, 4.69) is 5.16 Å². The lowest BCUT2D eigenvalue weighted by Crippen LogP contribution is -2.33. The number of carbonyl (C=O) groups excluding carboxylic acids is 1. The van der Waals surface area contributed by atoms with Crippen molar-refractivity contribution in [1.82, 2.24) is 9.46 Å². The van der Waals surface area contributed by atoms with Gasteiger partial charge in [0.05, 0.1) is 0 Å². The largest absolute Gasteiger partial charge is 0.360 e.